The molecule has 12 heavy (non-hydrogen) atoms. The molecular formula is C6H12N2O4. The molecule has 0 fully saturated rings. The lowest BCUT2D eigenvalue weighted by atomic mass is 10.7. The average Bonchev–Trinajstić information content (AvgIpc) is 2.10. The SMILES string of the molecule is O=NCCOCCOCCN=O. The van der Waals surface area contributed by atoms with E-state index in [9.17, 15) is 9.81 Å². The van der Waals surface area contributed by atoms with Crippen LogP contribution in [-0.4, -0.2) is 39.5 Å². The lowest BCUT2D eigenvalue weighted by molar-refractivity contribution is 0.0539. The van der Waals surface area contributed by atoms with E-state index in [0.717, 1.165) is 0 Å². The van der Waals surface area contributed by atoms with Crippen molar-refractivity contribution in [2.75, 3.05) is 39.5 Å². The zero-order valence-corrected chi connectivity index (χ0v) is 6.77. The highest BCUT2D eigenvalue weighted by Crippen LogP contribution is 1.80. The molecule has 70 valence electrons. The van der Waals surface area contributed by atoms with E-state index in [1.807, 2.05) is 0 Å². The Labute approximate surface area is 70.2 Å². The Morgan fingerprint density at radius 1 is 0.750 bits per heavy atom. The first-order valence-electron chi connectivity index (χ1n) is 3.65. The van der Waals surface area contributed by atoms with Gasteiger partial charge in [0, 0.05) is 0 Å². The van der Waals surface area contributed by atoms with Crippen LogP contribution in [0.3, 0.4) is 0 Å². The normalized spacial score (nSPS) is 9.67. The van der Waals surface area contributed by atoms with Crippen LogP contribution in [0, 0.1) is 9.81 Å². The third kappa shape index (κ3) is 9.12. The molecule has 0 radical (unpaired) electrons. The summed E-state index contributed by atoms with van der Waals surface area (Å²) in [6, 6.07) is 0. The van der Waals surface area contributed by atoms with Crippen molar-refractivity contribution in [2.45, 2.75) is 0 Å². The molecule has 0 aliphatic rings. The zero-order chi connectivity index (χ0) is 9.07. The molecule has 0 bridgehead atoms. The van der Waals surface area contributed by atoms with E-state index < -0.39 is 0 Å². The summed E-state index contributed by atoms with van der Waals surface area (Å²) < 4.78 is 9.85. The van der Waals surface area contributed by atoms with Gasteiger partial charge in [-0.05, 0) is 0 Å². The van der Waals surface area contributed by atoms with Crippen LogP contribution in [0.25, 0.3) is 0 Å². The zero-order valence-electron chi connectivity index (χ0n) is 6.77. The largest absolute Gasteiger partial charge is 0.377 e. The van der Waals surface area contributed by atoms with Gasteiger partial charge >= 0.3 is 0 Å². The van der Waals surface area contributed by atoms with Crippen LogP contribution in [0.4, 0.5) is 0 Å². The van der Waals surface area contributed by atoms with Crippen LogP contribution in [0.5, 0.6) is 0 Å². The minimum atomic E-state index is 0.163. The van der Waals surface area contributed by atoms with E-state index in [4.69, 9.17) is 9.47 Å². The van der Waals surface area contributed by atoms with Crippen molar-refractivity contribution in [3.63, 3.8) is 0 Å². The van der Waals surface area contributed by atoms with Crippen LogP contribution < -0.4 is 0 Å². The van der Waals surface area contributed by atoms with Crippen LogP contribution in [0.1, 0.15) is 0 Å². The summed E-state index contributed by atoms with van der Waals surface area (Å²) in [6.45, 7) is 1.78. The van der Waals surface area contributed by atoms with Gasteiger partial charge in [-0.25, -0.2) is 0 Å². The molecule has 0 saturated carbocycles. The first-order valence-corrected chi connectivity index (χ1v) is 3.65. The Kier molecular flexibility index (Phi) is 9.38. The fraction of sp³-hybridized carbons (Fsp3) is 1.00. The maximum Gasteiger partial charge on any atom is 0.104 e. The second-order valence-electron chi connectivity index (χ2n) is 1.93. The van der Waals surface area contributed by atoms with Gasteiger partial charge in [0.05, 0.1) is 26.4 Å². The Morgan fingerprint density at radius 2 is 1.17 bits per heavy atom. The standard InChI is InChI=1S/C6H12N2O4/c9-7-1-3-11-5-6-12-4-2-8-10/h1-6H2. The van der Waals surface area contributed by atoms with Gasteiger partial charge in [-0.15, -0.1) is 0 Å². The van der Waals surface area contributed by atoms with E-state index >= 15 is 0 Å². The summed E-state index contributed by atoms with van der Waals surface area (Å²) in [4.78, 5) is 19.1. The molecule has 0 heterocycles. The molecule has 0 aliphatic heterocycles. The molecule has 0 aromatic heterocycles. The van der Waals surface area contributed by atoms with Gasteiger partial charge in [0.1, 0.15) is 13.1 Å². The lowest BCUT2D eigenvalue weighted by Gasteiger charge is -2.01. The molecule has 0 rings (SSSR count). The van der Waals surface area contributed by atoms with Gasteiger partial charge in [0.2, 0.25) is 0 Å². The summed E-state index contributed by atoms with van der Waals surface area (Å²) in [5.74, 6) is 0. The Morgan fingerprint density at radius 3 is 1.50 bits per heavy atom. The van der Waals surface area contributed by atoms with Gasteiger partial charge < -0.3 is 9.47 Å². The van der Waals surface area contributed by atoms with Crippen molar-refractivity contribution < 1.29 is 9.47 Å². The third-order valence-electron chi connectivity index (χ3n) is 1.03. The second-order valence-corrected chi connectivity index (χ2v) is 1.93. The van der Waals surface area contributed by atoms with E-state index in [2.05, 4.69) is 10.4 Å². The van der Waals surface area contributed by atoms with Crippen LogP contribution >= 0.6 is 0 Å². The molecule has 0 atom stereocenters. The smallest absolute Gasteiger partial charge is 0.104 e. The predicted molar refractivity (Wildman–Crippen MR) is 43.0 cm³/mol. The van der Waals surface area contributed by atoms with Gasteiger partial charge in [-0.1, -0.05) is 10.4 Å². The van der Waals surface area contributed by atoms with E-state index in [1.165, 1.54) is 0 Å². The molecule has 0 saturated heterocycles. The summed E-state index contributed by atoms with van der Waals surface area (Å²) in [5.41, 5.74) is 0. The molecule has 0 N–H and O–H groups in total. The van der Waals surface area contributed by atoms with E-state index in [1.54, 1.807) is 0 Å². The minimum absolute atomic E-state index is 0.163. The van der Waals surface area contributed by atoms with E-state index in [-0.39, 0.29) is 13.1 Å². The molecule has 0 aromatic rings. The molecule has 0 aliphatic carbocycles. The molecule has 0 spiro atoms. The van der Waals surface area contributed by atoms with Gasteiger partial charge in [0.15, 0.2) is 0 Å². The van der Waals surface area contributed by atoms with Gasteiger partial charge in [-0.2, -0.15) is 9.81 Å². The maximum atomic E-state index is 9.57. The lowest BCUT2D eigenvalue weighted by Crippen LogP contribution is -2.08. The van der Waals surface area contributed by atoms with Crippen LogP contribution in [0.15, 0.2) is 10.4 Å². The monoisotopic (exact) mass is 176 g/mol. The second kappa shape index (κ2) is 10.1. The Bertz CT molecular complexity index is 106. The topological polar surface area (TPSA) is 77.3 Å². The van der Waals surface area contributed by atoms with Crippen molar-refractivity contribution >= 4 is 0 Å². The molecule has 0 amide bonds. The predicted octanol–water partition coefficient (Wildman–Crippen LogP) is 0.552. The van der Waals surface area contributed by atoms with Crippen LogP contribution in [-0.2, 0) is 9.47 Å². The maximum absolute atomic E-state index is 9.57. The molecule has 0 unspecified atom stereocenters. The molecule has 6 nitrogen and oxygen atoms in total. The Hall–Kier alpha value is -0.880. The highest BCUT2D eigenvalue weighted by Gasteiger charge is 1.89. The summed E-state index contributed by atoms with van der Waals surface area (Å²) >= 11 is 0. The third-order valence-corrected chi connectivity index (χ3v) is 1.03. The number of rotatable bonds is 9. The van der Waals surface area contributed by atoms with Crippen molar-refractivity contribution in [1.29, 1.82) is 0 Å². The van der Waals surface area contributed by atoms with Crippen molar-refractivity contribution in [3.05, 3.63) is 9.81 Å². The quantitative estimate of drug-likeness (QED) is 0.379. The van der Waals surface area contributed by atoms with Crippen LogP contribution in [0.2, 0.25) is 0 Å². The fourth-order valence-electron chi connectivity index (χ4n) is 0.526. The first kappa shape index (κ1) is 11.1. The number of nitrogens with zero attached hydrogens (tertiary/aromatic N) is 2. The Balaban J connectivity index is 2.81. The van der Waals surface area contributed by atoms with E-state index in [0.29, 0.717) is 26.4 Å². The minimum Gasteiger partial charge on any atom is -0.377 e. The number of nitroso groups, excluding NO2 is 2. The molecule has 0 aromatic carbocycles. The van der Waals surface area contributed by atoms with Gasteiger partial charge in [0.25, 0.3) is 0 Å². The molecular weight excluding hydrogens is 164 g/mol. The summed E-state index contributed by atoms with van der Waals surface area (Å²) in [7, 11) is 0. The number of hydrogen-bond donors (Lipinski definition) is 0. The average molecular weight is 176 g/mol. The summed E-state index contributed by atoms with van der Waals surface area (Å²) in [6.07, 6.45) is 0. The molecule has 6 heteroatoms. The summed E-state index contributed by atoms with van der Waals surface area (Å²) in [5, 5.41) is 5.22. The van der Waals surface area contributed by atoms with Crippen molar-refractivity contribution in [2.24, 2.45) is 10.4 Å². The van der Waals surface area contributed by atoms with Crippen molar-refractivity contribution in [1.82, 2.24) is 0 Å². The van der Waals surface area contributed by atoms with Crippen molar-refractivity contribution in [3.8, 4) is 0 Å². The first-order chi connectivity index (χ1) is 5.91. The fourth-order valence-corrected chi connectivity index (χ4v) is 0.526. The number of hydrogen-bond acceptors (Lipinski definition) is 6. The van der Waals surface area contributed by atoms with Gasteiger partial charge in [-0.3, -0.25) is 0 Å². The number of ether oxygens (including phenoxy) is 2. The highest BCUT2D eigenvalue weighted by atomic mass is 16.5. The highest BCUT2D eigenvalue weighted by molar-refractivity contribution is 4.39.